The van der Waals surface area contributed by atoms with Crippen LogP contribution in [0.5, 0.6) is 0 Å². The van der Waals surface area contributed by atoms with Gasteiger partial charge in [-0.1, -0.05) is 6.58 Å². The van der Waals surface area contributed by atoms with Gasteiger partial charge in [0, 0.05) is 31.2 Å². The number of rotatable bonds is 6. The van der Waals surface area contributed by atoms with Gasteiger partial charge in [0.15, 0.2) is 5.69 Å². The summed E-state index contributed by atoms with van der Waals surface area (Å²) in [7, 11) is 0. The van der Waals surface area contributed by atoms with Gasteiger partial charge in [0.05, 0.1) is 12.2 Å². The van der Waals surface area contributed by atoms with Crippen LogP contribution in [0.25, 0.3) is 0 Å². The van der Waals surface area contributed by atoms with Gasteiger partial charge in [-0.3, -0.25) is 0 Å². The first kappa shape index (κ1) is 22.7. The Morgan fingerprint density at radius 2 is 1.97 bits per heavy atom. The smallest absolute Gasteiger partial charge is 0.449 e. The maximum absolute atomic E-state index is 14.1. The molecule has 0 radical (unpaired) electrons. The number of nitrogens with zero attached hydrogens (tertiary/aromatic N) is 3. The number of imidazole rings is 1. The highest BCUT2D eigenvalue weighted by atomic mass is 19.4. The molecule has 1 aromatic carbocycles. The number of benzene rings is 1. The number of nitrogens with two attached hydrogens (primary N) is 1. The Bertz CT molecular complexity index is 1030. The number of carbonyl (C=O) groups is 1. The molecule has 0 saturated carbocycles. The average molecular weight is 444 g/mol. The van der Waals surface area contributed by atoms with E-state index in [9.17, 15) is 31.9 Å². The van der Waals surface area contributed by atoms with Gasteiger partial charge in [0.2, 0.25) is 5.82 Å². The lowest BCUT2D eigenvalue weighted by Gasteiger charge is -2.33. The van der Waals surface area contributed by atoms with Crippen molar-refractivity contribution in [3.8, 4) is 0 Å². The number of hydrogen-bond donors (Lipinski definition) is 2. The minimum absolute atomic E-state index is 0.0342. The van der Waals surface area contributed by atoms with Gasteiger partial charge >= 0.3 is 12.1 Å². The quantitative estimate of drug-likeness (QED) is 0.667. The summed E-state index contributed by atoms with van der Waals surface area (Å²) in [6.45, 7) is 5.22. The topological polar surface area (TPSA) is 84.4 Å². The van der Waals surface area contributed by atoms with Crippen molar-refractivity contribution in [3.05, 3.63) is 64.4 Å². The number of halogens is 5. The molecule has 1 atom stereocenters. The summed E-state index contributed by atoms with van der Waals surface area (Å²) in [5.41, 5.74) is 6.08. The Labute approximate surface area is 174 Å². The zero-order valence-electron chi connectivity index (χ0n) is 16.6. The molecule has 168 valence electrons. The molecule has 0 bridgehead atoms. The monoisotopic (exact) mass is 444 g/mol. The van der Waals surface area contributed by atoms with Gasteiger partial charge in [-0.15, -0.1) is 0 Å². The number of aromatic carboxylic acids is 1. The fourth-order valence-electron chi connectivity index (χ4n) is 3.66. The minimum atomic E-state index is -4.78. The molecule has 0 fully saturated rings. The van der Waals surface area contributed by atoms with Crippen LogP contribution < -0.4 is 5.73 Å². The summed E-state index contributed by atoms with van der Waals surface area (Å²) in [6.07, 6.45) is -4.58. The highest BCUT2D eigenvalue weighted by molar-refractivity contribution is 5.87. The maximum Gasteiger partial charge on any atom is 0.449 e. The van der Waals surface area contributed by atoms with Crippen LogP contribution >= 0.6 is 0 Å². The molecule has 11 heteroatoms. The molecule has 1 aromatic heterocycles. The normalized spacial score (nSPS) is 15.0. The number of fused-ring (bicyclic) bond motifs is 1. The van der Waals surface area contributed by atoms with Gasteiger partial charge < -0.3 is 20.3 Å². The first-order valence-corrected chi connectivity index (χ1v) is 9.41. The molecular formula is C20H21F5N4O2. The Balaban J connectivity index is 1.73. The summed E-state index contributed by atoms with van der Waals surface area (Å²) in [6, 6.07) is 1.55. The number of carboxylic acid groups (broad SMARTS) is 1. The van der Waals surface area contributed by atoms with E-state index in [1.165, 1.54) is 6.92 Å². The predicted octanol–water partition coefficient (Wildman–Crippen LogP) is 3.48. The van der Waals surface area contributed by atoms with E-state index in [4.69, 9.17) is 5.73 Å². The fraction of sp³-hybridized carbons (Fsp3) is 0.400. The van der Waals surface area contributed by atoms with Crippen molar-refractivity contribution < 1.29 is 31.9 Å². The number of hydrogen-bond acceptors (Lipinski definition) is 4. The van der Waals surface area contributed by atoms with Gasteiger partial charge in [0.25, 0.3) is 0 Å². The van der Waals surface area contributed by atoms with E-state index in [0.29, 0.717) is 5.70 Å². The Morgan fingerprint density at radius 1 is 1.29 bits per heavy atom. The molecule has 0 amide bonds. The van der Waals surface area contributed by atoms with Gasteiger partial charge in [0.1, 0.15) is 11.6 Å². The Hall–Kier alpha value is -2.95. The predicted molar refractivity (Wildman–Crippen MR) is 101 cm³/mol. The molecule has 3 rings (SSSR count). The molecule has 0 saturated heterocycles. The van der Waals surface area contributed by atoms with Gasteiger partial charge in [-0.05, 0) is 36.6 Å². The zero-order chi connectivity index (χ0) is 23.1. The third-order valence-corrected chi connectivity index (χ3v) is 5.22. The zero-order valence-corrected chi connectivity index (χ0v) is 16.6. The summed E-state index contributed by atoms with van der Waals surface area (Å²) < 4.78 is 68.2. The first-order chi connectivity index (χ1) is 14.4. The molecule has 2 heterocycles. The second-order valence-electron chi connectivity index (χ2n) is 7.53. The van der Waals surface area contributed by atoms with Crippen LogP contribution in [-0.2, 0) is 25.7 Å². The Kier molecular flexibility index (Phi) is 6.08. The summed E-state index contributed by atoms with van der Waals surface area (Å²) in [5.74, 6) is -3.93. The summed E-state index contributed by atoms with van der Waals surface area (Å²) in [5, 5.41) is 9.25. The van der Waals surface area contributed by atoms with Crippen LogP contribution in [-0.4, -0.2) is 38.1 Å². The van der Waals surface area contributed by atoms with E-state index in [1.807, 2.05) is 0 Å². The van der Waals surface area contributed by atoms with Crippen molar-refractivity contribution in [2.24, 2.45) is 5.73 Å². The van der Waals surface area contributed by atoms with E-state index >= 15 is 0 Å². The fourth-order valence-corrected chi connectivity index (χ4v) is 3.66. The van der Waals surface area contributed by atoms with Crippen molar-refractivity contribution in [2.45, 2.75) is 45.1 Å². The van der Waals surface area contributed by atoms with Crippen molar-refractivity contribution in [3.63, 3.8) is 0 Å². The first-order valence-electron chi connectivity index (χ1n) is 9.41. The molecule has 0 aliphatic carbocycles. The average Bonchev–Trinajstić information content (AvgIpc) is 3.05. The second kappa shape index (κ2) is 8.29. The third kappa shape index (κ3) is 4.71. The van der Waals surface area contributed by atoms with E-state index < -0.39 is 41.3 Å². The maximum atomic E-state index is 14.1. The van der Waals surface area contributed by atoms with Gasteiger partial charge in [-0.25, -0.2) is 18.6 Å². The Morgan fingerprint density at radius 3 is 2.58 bits per heavy atom. The van der Waals surface area contributed by atoms with E-state index in [-0.39, 0.29) is 49.3 Å². The lowest BCUT2D eigenvalue weighted by Crippen LogP contribution is -2.37. The van der Waals surface area contributed by atoms with E-state index in [1.54, 1.807) is 4.90 Å². The SMILES string of the molecule is C=C(CC(N)Cc1cc(F)c(C)cc1F)N1CCn2c(C(F)(F)F)nc(C(=O)O)c2C1. The standard InChI is InChI=1S/C20H21F5N4O2/c1-10-5-15(22)12(8-14(10)21)7-13(26)6-11(2)28-3-4-29-16(9-28)17(18(30)31)27-19(29)20(23,24)25/h5,8,13H,2-4,6-7,9,26H2,1H3,(H,30,31). The number of aryl methyl sites for hydroxylation is 1. The van der Waals surface area contributed by atoms with Crippen LogP contribution in [0.15, 0.2) is 24.4 Å². The second-order valence-corrected chi connectivity index (χ2v) is 7.53. The molecule has 1 aliphatic heterocycles. The lowest BCUT2D eigenvalue weighted by molar-refractivity contribution is -0.147. The van der Waals surface area contributed by atoms with Crippen LogP contribution in [0.3, 0.4) is 0 Å². The molecule has 2 aromatic rings. The molecular weight excluding hydrogens is 423 g/mol. The third-order valence-electron chi connectivity index (χ3n) is 5.22. The highest BCUT2D eigenvalue weighted by Gasteiger charge is 2.41. The molecule has 0 spiro atoms. The van der Waals surface area contributed by atoms with Crippen LogP contribution in [0.2, 0.25) is 0 Å². The number of aromatic nitrogens is 2. The molecule has 3 N–H and O–H groups in total. The van der Waals surface area contributed by atoms with Gasteiger partial charge in [-0.2, -0.15) is 13.2 Å². The molecule has 6 nitrogen and oxygen atoms in total. The van der Waals surface area contributed by atoms with Crippen LogP contribution in [0.4, 0.5) is 22.0 Å². The van der Waals surface area contributed by atoms with Crippen molar-refractivity contribution in [1.82, 2.24) is 14.5 Å². The van der Waals surface area contributed by atoms with E-state index in [2.05, 4.69) is 11.6 Å². The van der Waals surface area contributed by atoms with E-state index in [0.717, 1.165) is 16.7 Å². The summed E-state index contributed by atoms with van der Waals surface area (Å²) >= 11 is 0. The molecule has 1 aliphatic rings. The lowest BCUT2D eigenvalue weighted by atomic mass is 10.00. The molecule has 1 unspecified atom stereocenters. The highest BCUT2D eigenvalue weighted by Crippen LogP contribution is 2.33. The van der Waals surface area contributed by atoms with Crippen molar-refractivity contribution >= 4 is 5.97 Å². The number of alkyl halides is 3. The summed E-state index contributed by atoms with van der Waals surface area (Å²) in [4.78, 5) is 16.3. The number of carboxylic acids is 1. The van der Waals surface area contributed by atoms with Crippen LogP contribution in [0, 0.1) is 18.6 Å². The van der Waals surface area contributed by atoms with Crippen molar-refractivity contribution in [1.29, 1.82) is 0 Å². The largest absolute Gasteiger partial charge is 0.476 e. The molecule has 31 heavy (non-hydrogen) atoms. The van der Waals surface area contributed by atoms with Crippen molar-refractivity contribution in [2.75, 3.05) is 6.54 Å². The minimum Gasteiger partial charge on any atom is -0.476 e. The van der Waals surface area contributed by atoms with Crippen LogP contribution in [0.1, 0.15) is 39.6 Å².